The highest BCUT2D eigenvalue weighted by atomic mass is 16.6. The molecule has 0 spiro atoms. The number of fused-ring (bicyclic) bond motifs is 1. The number of hydrogen-bond acceptors (Lipinski definition) is 4. The zero-order valence-electron chi connectivity index (χ0n) is 6.97. The molecular formula is C8H7N3O2. The third-order valence-electron chi connectivity index (χ3n) is 2.01. The molecule has 0 amide bonds. The minimum Gasteiger partial charge on any atom is -0.258 e. The van der Waals surface area contributed by atoms with E-state index >= 15 is 0 Å². The predicted molar refractivity (Wildman–Crippen MR) is 46.0 cm³/mol. The molecular weight excluding hydrogens is 170 g/mol. The molecule has 5 heteroatoms. The van der Waals surface area contributed by atoms with Crippen LogP contribution in [0.2, 0.25) is 0 Å². The Morgan fingerprint density at radius 2 is 2.31 bits per heavy atom. The Balaban J connectivity index is 2.50. The normalized spacial score (nSPS) is 18.7. The lowest BCUT2D eigenvalue weighted by atomic mass is 10.1. The van der Waals surface area contributed by atoms with E-state index in [2.05, 4.69) is 10.2 Å². The van der Waals surface area contributed by atoms with Crippen molar-refractivity contribution < 1.29 is 4.92 Å². The van der Waals surface area contributed by atoms with Crippen LogP contribution in [0.25, 0.3) is 0 Å². The van der Waals surface area contributed by atoms with Crippen molar-refractivity contribution in [2.75, 3.05) is 0 Å². The van der Waals surface area contributed by atoms with E-state index in [9.17, 15) is 10.1 Å². The summed E-state index contributed by atoms with van der Waals surface area (Å²) in [6.07, 6.45) is 0. The Kier molecular flexibility index (Phi) is 1.58. The second-order valence-corrected chi connectivity index (χ2v) is 2.89. The molecule has 2 rings (SSSR count). The highest BCUT2D eigenvalue weighted by Gasteiger charge is 2.18. The van der Waals surface area contributed by atoms with Gasteiger partial charge in [0.15, 0.2) is 0 Å². The summed E-state index contributed by atoms with van der Waals surface area (Å²) in [6.45, 7) is 1.90. The Morgan fingerprint density at radius 1 is 1.54 bits per heavy atom. The molecule has 0 fully saturated rings. The van der Waals surface area contributed by atoms with Gasteiger partial charge in [0.1, 0.15) is 0 Å². The standard InChI is InChI=1S/C8H7N3O2/c1-5-7-3-2-6(11(12)13)4-8(7)10-9-5/h2-5H,1H3/t5-/m1/s1. The maximum atomic E-state index is 10.4. The number of non-ortho nitro benzene ring substituents is 1. The van der Waals surface area contributed by atoms with E-state index in [1.807, 2.05) is 6.92 Å². The lowest BCUT2D eigenvalue weighted by Crippen LogP contribution is -1.89. The summed E-state index contributed by atoms with van der Waals surface area (Å²) in [5.41, 5.74) is 1.62. The van der Waals surface area contributed by atoms with Crippen molar-refractivity contribution in [3.8, 4) is 0 Å². The molecule has 0 bridgehead atoms. The Morgan fingerprint density at radius 3 is 3.00 bits per heavy atom. The lowest BCUT2D eigenvalue weighted by molar-refractivity contribution is -0.384. The second-order valence-electron chi connectivity index (χ2n) is 2.89. The molecule has 13 heavy (non-hydrogen) atoms. The van der Waals surface area contributed by atoms with Crippen LogP contribution in [0.15, 0.2) is 28.4 Å². The first kappa shape index (κ1) is 7.85. The zero-order chi connectivity index (χ0) is 9.42. The van der Waals surface area contributed by atoms with Crippen LogP contribution >= 0.6 is 0 Å². The molecule has 0 aliphatic carbocycles. The molecule has 1 aliphatic rings. The maximum Gasteiger partial charge on any atom is 0.271 e. The molecule has 1 atom stereocenters. The molecule has 1 aromatic rings. The third kappa shape index (κ3) is 1.18. The molecule has 1 heterocycles. The Hall–Kier alpha value is -1.78. The van der Waals surface area contributed by atoms with Crippen LogP contribution in [0, 0.1) is 10.1 Å². The van der Waals surface area contributed by atoms with Crippen LogP contribution in [-0.4, -0.2) is 4.92 Å². The molecule has 1 aliphatic heterocycles. The van der Waals surface area contributed by atoms with Gasteiger partial charge >= 0.3 is 0 Å². The maximum absolute atomic E-state index is 10.4. The summed E-state index contributed by atoms with van der Waals surface area (Å²) in [6, 6.07) is 4.66. The average Bonchev–Trinajstić information content (AvgIpc) is 2.47. The van der Waals surface area contributed by atoms with E-state index in [1.165, 1.54) is 12.1 Å². The van der Waals surface area contributed by atoms with Gasteiger partial charge in [-0.3, -0.25) is 10.1 Å². The number of nitrogens with zero attached hydrogens (tertiary/aromatic N) is 3. The molecule has 66 valence electrons. The monoisotopic (exact) mass is 177 g/mol. The smallest absolute Gasteiger partial charge is 0.258 e. The fourth-order valence-corrected chi connectivity index (χ4v) is 1.30. The van der Waals surface area contributed by atoms with Crippen LogP contribution in [0.5, 0.6) is 0 Å². The third-order valence-corrected chi connectivity index (χ3v) is 2.01. The van der Waals surface area contributed by atoms with Gasteiger partial charge in [-0.05, 0) is 13.0 Å². The first-order valence-corrected chi connectivity index (χ1v) is 3.87. The summed E-state index contributed by atoms with van der Waals surface area (Å²) >= 11 is 0. The number of benzene rings is 1. The van der Waals surface area contributed by atoms with Gasteiger partial charge in [-0.2, -0.15) is 10.2 Å². The van der Waals surface area contributed by atoms with Crippen molar-refractivity contribution in [1.29, 1.82) is 0 Å². The molecule has 1 aromatic carbocycles. The zero-order valence-corrected chi connectivity index (χ0v) is 6.97. The van der Waals surface area contributed by atoms with Gasteiger partial charge in [-0.25, -0.2) is 0 Å². The van der Waals surface area contributed by atoms with Crippen LogP contribution in [0.4, 0.5) is 11.4 Å². The average molecular weight is 177 g/mol. The van der Waals surface area contributed by atoms with E-state index in [1.54, 1.807) is 6.07 Å². The molecule has 0 saturated heterocycles. The van der Waals surface area contributed by atoms with Gasteiger partial charge in [0.25, 0.3) is 5.69 Å². The van der Waals surface area contributed by atoms with Gasteiger partial charge < -0.3 is 0 Å². The first-order valence-electron chi connectivity index (χ1n) is 3.87. The summed E-state index contributed by atoms with van der Waals surface area (Å²) in [7, 11) is 0. The highest BCUT2D eigenvalue weighted by Crippen LogP contribution is 2.37. The number of azo groups is 1. The minimum atomic E-state index is -0.432. The topological polar surface area (TPSA) is 67.9 Å². The van der Waals surface area contributed by atoms with Gasteiger partial charge in [0.05, 0.1) is 16.7 Å². The predicted octanol–water partition coefficient (Wildman–Crippen LogP) is 2.75. The first-order chi connectivity index (χ1) is 6.18. The number of hydrogen-bond donors (Lipinski definition) is 0. The van der Waals surface area contributed by atoms with E-state index < -0.39 is 4.92 Å². The fraction of sp³-hybridized carbons (Fsp3) is 0.250. The largest absolute Gasteiger partial charge is 0.271 e. The van der Waals surface area contributed by atoms with Gasteiger partial charge in [0, 0.05) is 17.7 Å². The molecule has 0 radical (unpaired) electrons. The lowest BCUT2D eigenvalue weighted by Gasteiger charge is -1.98. The van der Waals surface area contributed by atoms with E-state index in [4.69, 9.17) is 0 Å². The summed E-state index contributed by atoms with van der Waals surface area (Å²) < 4.78 is 0. The van der Waals surface area contributed by atoms with Crippen molar-refractivity contribution in [3.63, 3.8) is 0 Å². The SMILES string of the molecule is C[C@H]1N=Nc2cc([N+](=O)[O-])ccc21. The van der Waals surface area contributed by atoms with Gasteiger partial charge in [-0.1, -0.05) is 0 Å². The summed E-state index contributed by atoms with van der Waals surface area (Å²) in [5.74, 6) is 0. The quantitative estimate of drug-likeness (QED) is 0.488. The summed E-state index contributed by atoms with van der Waals surface area (Å²) in [4.78, 5) is 9.98. The summed E-state index contributed by atoms with van der Waals surface area (Å²) in [5, 5.41) is 18.2. The number of nitro groups is 1. The van der Waals surface area contributed by atoms with Crippen molar-refractivity contribution in [1.82, 2.24) is 0 Å². The molecule has 5 nitrogen and oxygen atoms in total. The molecule has 0 aromatic heterocycles. The fourth-order valence-electron chi connectivity index (χ4n) is 1.30. The second kappa shape index (κ2) is 2.62. The Labute approximate surface area is 74.3 Å². The van der Waals surface area contributed by atoms with E-state index in [0.717, 1.165) is 5.56 Å². The van der Waals surface area contributed by atoms with Crippen molar-refractivity contribution in [2.45, 2.75) is 13.0 Å². The Bertz CT molecular complexity index is 400. The molecule has 0 saturated carbocycles. The molecule has 0 N–H and O–H groups in total. The van der Waals surface area contributed by atoms with E-state index in [-0.39, 0.29) is 11.7 Å². The van der Waals surface area contributed by atoms with Crippen molar-refractivity contribution in [3.05, 3.63) is 33.9 Å². The van der Waals surface area contributed by atoms with Gasteiger partial charge in [0.2, 0.25) is 0 Å². The highest BCUT2D eigenvalue weighted by molar-refractivity contribution is 5.55. The van der Waals surface area contributed by atoms with Crippen LogP contribution in [0.3, 0.4) is 0 Å². The molecule has 0 unspecified atom stereocenters. The minimum absolute atomic E-state index is 0.0239. The van der Waals surface area contributed by atoms with Crippen LogP contribution < -0.4 is 0 Å². The van der Waals surface area contributed by atoms with E-state index in [0.29, 0.717) is 5.69 Å². The van der Waals surface area contributed by atoms with Crippen LogP contribution in [0.1, 0.15) is 18.5 Å². The number of rotatable bonds is 1. The number of nitro benzene ring substituents is 1. The van der Waals surface area contributed by atoms with Crippen molar-refractivity contribution in [2.24, 2.45) is 10.2 Å². The van der Waals surface area contributed by atoms with Gasteiger partial charge in [-0.15, -0.1) is 0 Å². The van der Waals surface area contributed by atoms with Crippen molar-refractivity contribution >= 4 is 11.4 Å². The van der Waals surface area contributed by atoms with Crippen LogP contribution in [-0.2, 0) is 0 Å².